The van der Waals surface area contributed by atoms with E-state index in [1.54, 1.807) is 0 Å². The van der Waals surface area contributed by atoms with Gasteiger partial charge in [-0.2, -0.15) is 8.42 Å². The summed E-state index contributed by atoms with van der Waals surface area (Å²) in [6.45, 7) is 16.8. The molecule has 0 saturated heterocycles. The highest BCUT2D eigenvalue weighted by atomic mass is 32.2. The van der Waals surface area contributed by atoms with Gasteiger partial charge in [-0.1, -0.05) is 48.5 Å². The molecular formula is C31H52O5S. The smallest absolute Gasteiger partial charge is 0.309 e. The fourth-order valence-electron chi connectivity index (χ4n) is 12.1. The van der Waals surface area contributed by atoms with E-state index in [9.17, 15) is 18.3 Å². The molecule has 5 aliphatic carbocycles. The molecule has 0 amide bonds. The van der Waals surface area contributed by atoms with Gasteiger partial charge in [0.1, 0.15) is 0 Å². The van der Waals surface area contributed by atoms with Gasteiger partial charge < -0.3 is 5.11 Å². The van der Waals surface area contributed by atoms with Crippen molar-refractivity contribution in [1.82, 2.24) is 0 Å². The van der Waals surface area contributed by atoms with E-state index in [0.29, 0.717) is 35.5 Å². The number of hydrogen-bond acceptors (Lipinski definition) is 4. The first-order valence-electron chi connectivity index (χ1n) is 15.1. The standard InChI is InChI=1S/C31H52O5S/c1-19(2)20-11-16-31(26(32)33)18-17-29(6)21(25(20)31)9-10-23-28(5)14-13-24(36-37(8,34)35)27(3,4)22(28)12-15-30(23,29)7/h19-25H,9-18H2,1-8H3,(H,32,33)/t20-,21+,22?,23?,24-,25?,28-,29+,30+,31?/m0/s1. The van der Waals surface area contributed by atoms with Crippen LogP contribution < -0.4 is 0 Å². The maximum Gasteiger partial charge on any atom is 0.309 e. The van der Waals surface area contributed by atoms with Crippen LogP contribution in [0.15, 0.2) is 0 Å². The maximum absolute atomic E-state index is 12.9. The fourth-order valence-corrected chi connectivity index (χ4v) is 12.9. The van der Waals surface area contributed by atoms with Crippen molar-refractivity contribution in [2.75, 3.05) is 6.26 Å². The maximum atomic E-state index is 12.9. The summed E-state index contributed by atoms with van der Waals surface area (Å²) in [6.07, 6.45) is 11.1. The molecule has 10 atom stereocenters. The van der Waals surface area contributed by atoms with E-state index < -0.39 is 21.5 Å². The van der Waals surface area contributed by atoms with Gasteiger partial charge in [0.25, 0.3) is 10.1 Å². The second kappa shape index (κ2) is 8.44. The zero-order valence-electron chi connectivity index (χ0n) is 24.6. The number of carboxylic acid groups (broad SMARTS) is 1. The van der Waals surface area contributed by atoms with Crippen molar-refractivity contribution in [3.05, 3.63) is 0 Å². The molecule has 5 fully saturated rings. The lowest BCUT2D eigenvalue weighted by molar-refractivity contribution is -0.247. The normalized spacial score (nSPS) is 51.1. The topological polar surface area (TPSA) is 80.7 Å². The van der Waals surface area contributed by atoms with Crippen LogP contribution in [0.1, 0.15) is 113 Å². The molecule has 0 radical (unpaired) electrons. The Balaban J connectivity index is 1.51. The van der Waals surface area contributed by atoms with Gasteiger partial charge in [0, 0.05) is 0 Å². The second-order valence-electron chi connectivity index (χ2n) is 15.8. The van der Waals surface area contributed by atoms with Crippen molar-refractivity contribution in [2.24, 2.45) is 62.6 Å². The minimum absolute atomic E-state index is 0.148. The minimum Gasteiger partial charge on any atom is -0.481 e. The number of rotatable bonds is 4. The van der Waals surface area contributed by atoms with Crippen molar-refractivity contribution in [3.63, 3.8) is 0 Å². The average Bonchev–Trinajstić information content (AvgIpc) is 3.17. The molecule has 0 bridgehead atoms. The van der Waals surface area contributed by atoms with E-state index in [1.165, 1.54) is 12.7 Å². The summed E-state index contributed by atoms with van der Waals surface area (Å²) in [4.78, 5) is 12.9. The summed E-state index contributed by atoms with van der Waals surface area (Å²) < 4.78 is 29.8. The predicted molar refractivity (Wildman–Crippen MR) is 146 cm³/mol. The Kier molecular flexibility index (Phi) is 6.37. The van der Waals surface area contributed by atoms with Gasteiger partial charge in [0.2, 0.25) is 0 Å². The van der Waals surface area contributed by atoms with Crippen LogP contribution >= 0.6 is 0 Å². The Morgan fingerprint density at radius 2 is 1.51 bits per heavy atom. The number of carboxylic acids is 1. The molecule has 212 valence electrons. The molecular weight excluding hydrogens is 484 g/mol. The van der Waals surface area contributed by atoms with E-state index in [0.717, 1.165) is 57.8 Å². The van der Waals surface area contributed by atoms with Crippen LogP contribution in [0.25, 0.3) is 0 Å². The van der Waals surface area contributed by atoms with Crippen LogP contribution in [0, 0.1) is 62.6 Å². The number of fused-ring (bicyclic) bond motifs is 7. The molecule has 5 rings (SSSR count). The number of carbonyl (C=O) groups is 1. The largest absolute Gasteiger partial charge is 0.481 e. The van der Waals surface area contributed by atoms with E-state index in [4.69, 9.17) is 4.18 Å². The molecule has 1 N–H and O–H groups in total. The molecule has 6 heteroatoms. The molecule has 5 nitrogen and oxygen atoms in total. The summed E-state index contributed by atoms with van der Waals surface area (Å²) >= 11 is 0. The van der Waals surface area contributed by atoms with Crippen LogP contribution in [-0.4, -0.2) is 31.9 Å². The molecule has 0 heterocycles. The van der Waals surface area contributed by atoms with Crippen molar-refractivity contribution in [1.29, 1.82) is 0 Å². The third kappa shape index (κ3) is 3.69. The van der Waals surface area contributed by atoms with Crippen molar-refractivity contribution in [2.45, 2.75) is 119 Å². The lowest BCUT2D eigenvalue weighted by atomic mass is 9.32. The van der Waals surface area contributed by atoms with Gasteiger partial charge in [-0.3, -0.25) is 8.98 Å². The Bertz CT molecular complexity index is 1050. The highest BCUT2D eigenvalue weighted by molar-refractivity contribution is 7.86. The van der Waals surface area contributed by atoms with Crippen LogP contribution in [-0.2, 0) is 19.1 Å². The predicted octanol–water partition coefficient (Wildman–Crippen LogP) is 7.15. The zero-order valence-corrected chi connectivity index (χ0v) is 25.4. The number of hydrogen-bond donors (Lipinski definition) is 1. The molecule has 37 heavy (non-hydrogen) atoms. The molecule has 0 aromatic rings. The van der Waals surface area contributed by atoms with Crippen LogP contribution in [0.5, 0.6) is 0 Å². The van der Waals surface area contributed by atoms with Crippen molar-refractivity contribution in [3.8, 4) is 0 Å². The summed E-state index contributed by atoms with van der Waals surface area (Å²) in [5, 5.41) is 10.6. The molecule has 4 unspecified atom stereocenters. The first-order valence-corrected chi connectivity index (χ1v) is 16.9. The minimum atomic E-state index is -3.50. The summed E-state index contributed by atoms with van der Waals surface area (Å²) in [6, 6.07) is 0. The van der Waals surface area contributed by atoms with E-state index in [-0.39, 0.29) is 27.8 Å². The van der Waals surface area contributed by atoms with Gasteiger partial charge in [-0.25, -0.2) is 0 Å². The Morgan fingerprint density at radius 3 is 2.11 bits per heavy atom. The molecule has 0 aliphatic heterocycles. The van der Waals surface area contributed by atoms with Crippen LogP contribution in [0.3, 0.4) is 0 Å². The summed E-state index contributed by atoms with van der Waals surface area (Å²) in [5.41, 5.74) is -0.247. The SMILES string of the molecule is CC(C)[C@@H]1CCC2(C(=O)O)CC[C@]3(C)[C@H](CCC4[C@@]5(C)CC[C@H](OS(C)(=O)=O)C(C)(C)C5CC[C@]43C)C12. The monoisotopic (exact) mass is 536 g/mol. The molecule has 0 spiro atoms. The van der Waals surface area contributed by atoms with Gasteiger partial charge in [0.15, 0.2) is 0 Å². The lowest BCUT2D eigenvalue weighted by Crippen LogP contribution is -2.67. The zero-order chi connectivity index (χ0) is 27.4. The van der Waals surface area contributed by atoms with Gasteiger partial charge >= 0.3 is 5.97 Å². The summed E-state index contributed by atoms with van der Waals surface area (Å²) in [7, 11) is -3.50. The van der Waals surface area contributed by atoms with Crippen molar-refractivity contribution < 1.29 is 22.5 Å². The van der Waals surface area contributed by atoms with Crippen LogP contribution in [0.2, 0.25) is 0 Å². The third-order valence-electron chi connectivity index (χ3n) is 14.0. The molecule has 5 saturated carbocycles. The first kappa shape index (κ1) is 27.9. The second-order valence-corrected chi connectivity index (χ2v) is 17.4. The van der Waals surface area contributed by atoms with Gasteiger partial charge in [-0.15, -0.1) is 0 Å². The van der Waals surface area contributed by atoms with Crippen LogP contribution in [0.4, 0.5) is 0 Å². The van der Waals surface area contributed by atoms with E-state index in [2.05, 4.69) is 48.5 Å². The lowest BCUT2D eigenvalue weighted by Gasteiger charge is -2.72. The highest BCUT2D eigenvalue weighted by Crippen LogP contribution is 2.77. The van der Waals surface area contributed by atoms with Crippen molar-refractivity contribution >= 4 is 16.1 Å². The summed E-state index contributed by atoms with van der Waals surface area (Å²) in [5.74, 6) is 2.28. The van der Waals surface area contributed by atoms with Gasteiger partial charge in [0.05, 0.1) is 17.8 Å². The molecule has 0 aromatic carbocycles. The first-order chi connectivity index (χ1) is 16.9. The molecule has 0 aromatic heterocycles. The Labute approximate surface area is 226 Å². The molecule has 5 aliphatic rings. The fraction of sp³-hybridized carbons (Fsp3) is 0.968. The Hall–Kier alpha value is -0.620. The third-order valence-corrected chi connectivity index (χ3v) is 14.6. The quantitative estimate of drug-likeness (QED) is 0.386. The van der Waals surface area contributed by atoms with E-state index >= 15 is 0 Å². The van der Waals surface area contributed by atoms with Gasteiger partial charge in [-0.05, 0) is 121 Å². The highest BCUT2D eigenvalue weighted by Gasteiger charge is 2.72. The Morgan fingerprint density at radius 1 is 0.838 bits per heavy atom. The van der Waals surface area contributed by atoms with E-state index in [1.807, 2.05) is 0 Å². The number of aliphatic carboxylic acids is 1. The average molecular weight is 537 g/mol.